The highest BCUT2D eigenvalue weighted by atomic mass is 35.5. The second-order valence-electron chi connectivity index (χ2n) is 10.9. The van der Waals surface area contributed by atoms with Crippen LogP contribution in [0.1, 0.15) is 35.6 Å². The Bertz CT molecular complexity index is 1690. The highest BCUT2D eigenvalue weighted by Crippen LogP contribution is 2.29. The quantitative estimate of drug-likeness (QED) is 0.167. The van der Waals surface area contributed by atoms with Gasteiger partial charge in [0.15, 0.2) is 0 Å². The van der Waals surface area contributed by atoms with Crippen LogP contribution >= 0.6 is 23.2 Å². The van der Waals surface area contributed by atoms with Gasteiger partial charge in [-0.05, 0) is 73.4 Å². The smallest absolute Gasteiger partial charge is 0.264 e. The van der Waals surface area contributed by atoms with Crippen molar-refractivity contribution < 1.29 is 18.0 Å². The molecule has 236 valence electrons. The molecular weight excluding hydrogens is 629 g/mol. The van der Waals surface area contributed by atoms with Crippen molar-refractivity contribution in [3.05, 3.63) is 129 Å². The van der Waals surface area contributed by atoms with Crippen LogP contribution in [-0.2, 0) is 32.6 Å². The zero-order chi connectivity index (χ0) is 32.6. The molecule has 0 saturated heterocycles. The lowest BCUT2D eigenvalue weighted by Crippen LogP contribution is -2.53. The molecule has 0 aliphatic heterocycles. The minimum Gasteiger partial charge on any atom is -0.354 e. The predicted molar refractivity (Wildman–Crippen MR) is 181 cm³/mol. The summed E-state index contributed by atoms with van der Waals surface area (Å²) in [5.74, 6) is -0.946. The molecule has 7 nitrogen and oxygen atoms in total. The van der Waals surface area contributed by atoms with Gasteiger partial charge < -0.3 is 10.2 Å². The molecular formula is C35H37Cl2N3O4S. The number of rotatable bonds is 13. The Hall–Kier alpha value is -3.85. The summed E-state index contributed by atoms with van der Waals surface area (Å²) in [6.07, 6.45) is 0.892. The molecule has 0 heterocycles. The van der Waals surface area contributed by atoms with E-state index in [4.69, 9.17) is 23.2 Å². The first kappa shape index (κ1) is 34.0. The zero-order valence-corrected chi connectivity index (χ0v) is 27.9. The van der Waals surface area contributed by atoms with E-state index in [9.17, 15) is 18.0 Å². The number of anilines is 1. The van der Waals surface area contributed by atoms with Crippen molar-refractivity contribution in [2.75, 3.05) is 17.4 Å². The van der Waals surface area contributed by atoms with Gasteiger partial charge in [-0.2, -0.15) is 0 Å². The first-order chi connectivity index (χ1) is 21.5. The van der Waals surface area contributed by atoms with Crippen LogP contribution in [0.15, 0.2) is 102 Å². The first-order valence-electron chi connectivity index (χ1n) is 14.7. The van der Waals surface area contributed by atoms with Crippen molar-refractivity contribution in [2.45, 2.75) is 51.1 Å². The van der Waals surface area contributed by atoms with E-state index >= 15 is 0 Å². The van der Waals surface area contributed by atoms with Crippen molar-refractivity contribution in [1.82, 2.24) is 10.2 Å². The molecule has 1 atom stereocenters. The van der Waals surface area contributed by atoms with Gasteiger partial charge in [-0.3, -0.25) is 13.9 Å². The van der Waals surface area contributed by atoms with Crippen molar-refractivity contribution in [3.63, 3.8) is 0 Å². The fourth-order valence-electron chi connectivity index (χ4n) is 5.12. The van der Waals surface area contributed by atoms with E-state index in [1.54, 1.807) is 48.5 Å². The van der Waals surface area contributed by atoms with Crippen LogP contribution in [0.25, 0.3) is 0 Å². The molecule has 1 N–H and O–H groups in total. The Labute approximate surface area is 275 Å². The molecule has 1 unspecified atom stereocenters. The first-order valence-corrected chi connectivity index (χ1v) is 16.9. The number of amides is 2. The SMILES string of the molecule is CCCNC(=O)C(Cc1ccccc1)N(Cc1c(Cl)cccc1Cl)C(=O)CN(c1cc(C)cc(C)c1)S(=O)(=O)c1ccccc1. The number of halogens is 2. The number of hydrogen-bond acceptors (Lipinski definition) is 4. The molecule has 4 aromatic rings. The van der Waals surface area contributed by atoms with Gasteiger partial charge in [0, 0.05) is 35.1 Å². The predicted octanol–water partition coefficient (Wildman–Crippen LogP) is 6.97. The Morgan fingerprint density at radius 2 is 1.40 bits per heavy atom. The van der Waals surface area contributed by atoms with Crippen molar-refractivity contribution in [3.8, 4) is 0 Å². The van der Waals surface area contributed by atoms with Gasteiger partial charge in [-0.25, -0.2) is 8.42 Å². The molecule has 0 radical (unpaired) electrons. The fraction of sp³-hybridized carbons (Fsp3) is 0.257. The lowest BCUT2D eigenvalue weighted by Gasteiger charge is -2.34. The number of sulfonamides is 1. The summed E-state index contributed by atoms with van der Waals surface area (Å²) in [5.41, 5.74) is 3.31. The zero-order valence-electron chi connectivity index (χ0n) is 25.5. The normalized spacial score (nSPS) is 11.9. The minimum atomic E-state index is -4.19. The van der Waals surface area contributed by atoms with Crippen molar-refractivity contribution in [2.24, 2.45) is 0 Å². The highest BCUT2D eigenvalue weighted by molar-refractivity contribution is 7.92. The number of carbonyl (C=O) groups excluding carboxylic acids is 2. The number of aryl methyl sites for hydroxylation is 2. The van der Waals surface area contributed by atoms with Gasteiger partial charge in [0.2, 0.25) is 11.8 Å². The molecule has 4 aromatic carbocycles. The second-order valence-corrected chi connectivity index (χ2v) is 13.6. The third kappa shape index (κ3) is 8.66. The van der Waals surface area contributed by atoms with Crippen molar-refractivity contribution >= 4 is 50.7 Å². The lowest BCUT2D eigenvalue weighted by atomic mass is 10.0. The van der Waals surface area contributed by atoms with E-state index in [0.717, 1.165) is 21.0 Å². The number of carbonyl (C=O) groups is 2. The summed E-state index contributed by atoms with van der Waals surface area (Å²) in [6, 6.07) is 26.8. The second kappa shape index (κ2) is 15.4. The fourth-order valence-corrected chi connectivity index (χ4v) is 7.05. The molecule has 0 bridgehead atoms. The topological polar surface area (TPSA) is 86.8 Å². The van der Waals surface area contributed by atoms with Gasteiger partial charge in [0.1, 0.15) is 12.6 Å². The van der Waals surface area contributed by atoms with Crippen LogP contribution in [0, 0.1) is 13.8 Å². The molecule has 45 heavy (non-hydrogen) atoms. The molecule has 0 spiro atoms. The number of hydrogen-bond donors (Lipinski definition) is 1. The maximum atomic E-state index is 14.6. The van der Waals surface area contributed by atoms with Crippen molar-refractivity contribution in [1.29, 1.82) is 0 Å². The number of nitrogens with one attached hydrogen (secondary N) is 1. The Balaban J connectivity index is 1.85. The molecule has 0 aliphatic rings. The van der Waals surface area contributed by atoms with Gasteiger partial charge in [-0.1, -0.05) is 90.8 Å². The maximum Gasteiger partial charge on any atom is 0.264 e. The molecule has 0 fully saturated rings. The molecule has 10 heteroatoms. The molecule has 4 rings (SSSR count). The molecule has 0 aromatic heterocycles. The summed E-state index contributed by atoms with van der Waals surface area (Å²) < 4.78 is 29.4. The van der Waals surface area contributed by atoms with Gasteiger partial charge >= 0.3 is 0 Å². The van der Waals surface area contributed by atoms with Crippen LogP contribution in [0.2, 0.25) is 10.0 Å². The summed E-state index contributed by atoms with van der Waals surface area (Å²) in [6.45, 7) is 5.41. The standard InChI is InChI=1S/C35H37Cl2N3O4S/c1-4-18-38-35(42)33(22-27-12-7-5-8-13-27)39(23-30-31(36)16-11-17-32(30)37)34(41)24-40(28-20-25(2)19-26(3)21-28)45(43,44)29-14-9-6-10-15-29/h5-17,19-21,33H,4,18,22-24H2,1-3H3,(H,38,42). The minimum absolute atomic E-state index is 0.0409. The van der Waals surface area contributed by atoms with E-state index in [1.165, 1.54) is 17.0 Å². The average molecular weight is 667 g/mol. The molecule has 2 amide bonds. The summed E-state index contributed by atoms with van der Waals surface area (Å²) in [7, 11) is -4.19. The molecule has 0 saturated carbocycles. The van der Waals surface area contributed by atoms with Gasteiger partial charge in [0.05, 0.1) is 10.6 Å². The van der Waals surface area contributed by atoms with Gasteiger partial charge in [-0.15, -0.1) is 0 Å². The monoisotopic (exact) mass is 665 g/mol. The number of nitrogens with zero attached hydrogens (tertiary/aromatic N) is 2. The number of benzene rings is 4. The van der Waals surface area contributed by atoms with E-state index < -0.39 is 28.5 Å². The van der Waals surface area contributed by atoms with Crippen LogP contribution < -0.4 is 9.62 Å². The van der Waals surface area contributed by atoms with Gasteiger partial charge in [0.25, 0.3) is 10.0 Å². The Morgan fingerprint density at radius 1 is 0.822 bits per heavy atom. The van der Waals surface area contributed by atoms with Crippen LogP contribution in [-0.4, -0.2) is 44.3 Å². The van der Waals surface area contributed by atoms with E-state index in [-0.39, 0.29) is 23.8 Å². The third-order valence-corrected chi connectivity index (χ3v) is 9.81. The summed E-state index contributed by atoms with van der Waals surface area (Å²) in [4.78, 5) is 29.8. The van der Waals surface area contributed by atoms with Crippen LogP contribution in [0.4, 0.5) is 5.69 Å². The van der Waals surface area contributed by atoms with E-state index in [2.05, 4.69) is 5.32 Å². The molecule has 0 aliphatic carbocycles. The summed E-state index contributed by atoms with van der Waals surface area (Å²) >= 11 is 13.1. The maximum absolute atomic E-state index is 14.6. The largest absolute Gasteiger partial charge is 0.354 e. The third-order valence-electron chi connectivity index (χ3n) is 7.31. The lowest BCUT2D eigenvalue weighted by molar-refractivity contribution is -0.140. The summed E-state index contributed by atoms with van der Waals surface area (Å²) in [5, 5.41) is 3.59. The van der Waals surface area contributed by atoms with Crippen LogP contribution in [0.3, 0.4) is 0 Å². The Kier molecular flexibility index (Phi) is 11.7. The Morgan fingerprint density at radius 3 is 1.98 bits per heavy atom. The van der Waals surface area contributed by atoms with E-state index in [1.807, 2.05) is 57.2 Å². The van der Waals surface area contributed by atoms with E-state index in [0.29, 0.717) is 34.3 Å². The average Bonchev–Trinajstić information content (AvgIpc) is 3.01. The van der Waals surface area contributed by atoms with Crippen LogP contribution in [0.5, 0.6) is 0 Å². The highest BCUT2D eigenvalue weighted by Gasteiger charge is 2.35.